The van der Waals surface area contributed by atoms with E-state index in [2.05, 4.69) is 21.9 Å². The average molecular weight is 391 g/mol. The molecular weight excluding hydrogens is 371 g/mol. The Bertz CT molecular complexity index is 890. The van der Waals surface area contributed by atoms with Crippen LogP contribution in [0.25, 0.3) is 6.08 Å². The van der Waals surface area contributed by atoms with Crippen molar-refractivity contribution in [1.29, 1.82) is 0 Å². The van der Waals surface area contributed by atoms with Gasteiger partial charge in [-0.1, -0.05) is 12.7 Å². The second kappa shape index (κ2) is 7.97. The molecule has 28 heavy (non-hydrogen) atoms. The second-order valence-corrected chi connectivity index (χ2v) is 6.42. The number of ketones is 1. The molecule has 0 unspecified atom stereocenters. The van der Waals surface area contributed by atoms with Gasteiger partial charge in [0.05, 0.1) is 11.1 Å². The Balaban J connectivity index is 2.08. The third-order valence-corrected chi connectivity index (χ3v) is 4.46. The Hall–Kier alpha value is -2.94. The van der Waals surface area contributed by atoms with E-state index in [0.717, 1.165) is 25.1 Å². The first kappa shape index (κ1) is 19.8. The lowest BCUT2D eigenvalue weighted by atomic mass is 10.0. The molecule has 0 aliphatic carbocycles. The highest BCUT2D eigenvalue weighted by Gasteiger charge is 2.33. The van der Waals surface area contributed by atoms with E-state index in [9.17, 15) is 18.0 Å². The van der Waals surface area contributed by atoms with E-state index in [0.29, 0.717) is 25.2 Å². The van der Waals surface area contributed by atoms with Gasteiger partial charge in [0.2, 0.25) is 5.78 Å². The fourth-order valence-corrected chi connectivity index (χ4v) is 2.96. The molecule has 0 radical (unpaired) electrons. The highest BCUT2D eigenvalue weighted by Crippen LogP contribution is 2.32. The number of carbonyl (C=O) groups excluding carboxylic acids is 1. The van der Waals surface area contributed by atoms with Gasteiger partial charge in [0.25, 0.3) is 0 Å². The lowest BCUT2D eigenvalue weighted by Gasteiger charge is -2.23. The molecular formula is C19H20F3N5O. The summed E-state index contributed by atoms with van der Waals surface area (Å²) in [6.45, 7) is 6.04. The van der Waals surface area contributed by atoms with E-state index in [-0.39, 0.29) is 22.9 Å². The molecule has 2 aromatic heterocycles. The zero-order chi connectivity index (χ0) is 20.3. The minimum Gasteiger partial charge on any atom is -0.383 e. The van der Waals surface area contributed by atoms with Crippen molar-refractivity contribution < 1.29 is 18.0 Å². The van der Waals surface area contributed by atoms with E-state index in [1.807, 2.05) is 0 Å². The van der Waals surface area contributed by atoms with Gasteiger partial charge in [0.1, 0.15) is 17.3 Å². The molecule has 3 N–H and O–H groups in total. The molecule has 1 fully saturated rings. The number of alkyl halides is 3. The van der Waals surface area contributed by atoms with Crippen molar-refractivity contribution in [3.05, 3.63) is 53.4 Å². The van der Waals surface area contributed by atoms with Gasteiger partial charge in [-0.05, 0) is 36.7 Å². The highest BCUT2D eigenvalue weighted by atomic mass is 19.4. The van der Waals surface area contributed by atoms with Gasteiger partial charge in [-0.15, -0.1) is 0 Å². The van der Waals surface area contributed by atoms with Gasteiger partial charge in [0, 0.05) is 25.8 Å². The highest BCUT2D eigenvalue weighted by molar-refractivity contribution is 6.11. The van der Waals surface area contributed by atoms with Crippen LogP contribution in [0.5, 0.6) is 0 Å². The first-order chi connectivity index (χ1) is 13.3. The predicted molar refractivity (Wildman–Crippen MR) is 101 cm³/mol. The van der Waals surface area contributed by atoms with Gasteiger partial charge in [-0.3, -0.25) is 4.79 Å². The number of anilines is 2. The molecule has 0 spiro atoms. The SMILES string of the molecule is C=Cc1cnc(N)c(C(=O)c2cc(C(F)(F)F)cc(N3CCCNCC3)n2)c1. The smallest absolute Gasteiger partial charge is 0.383 e. The maximum Gasteiger partial charge on any atom is 0.416 e. The fraction of sp³-hybridized carbons (Fsp3) is 0.316. The number of carbonyl (C=O) groups is 1. The van der Waals surface area contributed by atoms with Crippen LogP contribution in [0.2, 0.25) is 0 Å². The minimum absolute atomic E-state index is 0.00675. The van der Waals surface area contributed by atoms with E-state index < -0.39 is 17.5 Å². The summed E-state index contributed by atoms with van der Waals surface area (Å²) in [5, 5.41) is 3.18. The lowest BCUT2D eigenvalue weighted by Crippen LogP contribution is -2.29. The number of pyridine rings is 2. The van der Waals surface area contributed by atoms with Gasteiger partial charge in [-0.25, -0.2) is 9.97 Å². The van der Waals surface area contributed by atoms with Crippen LogP contribution < -0.4 is 16.0 Å². The summed E-state index contributed by atoms with van der Waals surface area (Å²) in [6.07, 6.45) is -0.949. The summed E-state index contributed by atoms with van der Waals surface area (Å²) in [5.41, 5.74) is 5.05. The predicted octanol–water partition coefficient (Wildman–Crippen LogP) is 2.75. The maximum atomic E-state index is 13.4. The molecule has 1 saturated heterocycles. The Morgan fingerprint density at radius 2 is 2.04 bits per heavy atom. The number of nitrogens with two attached hydrogens (primary N) is 1. The summed E-state index contributed by atoms with van der Waals surface area (Å²) >= 11 is 0. The second-order valence-electron chi connectivity index (χ2n) is 6.42. The van der Waals surface area contributed by atoms with Crippen molar-refractivity contribution in [2.75, 3.05) is 36.8 Å². The number of nitrogens with zero attached hydrogens (tertiary/aromatic N) is 3. The molecule has 1 aliphatic rings. The Morgan fingerprint density at radius 1 is 1.25 bits per heavy atom. The van der Waals surface area contributed by atoms with Crippen molar-refractivity contribution in [3.8, 4) is 0 Å². The number of nitrogens with one attached hydrogen (secondary N) is 1. The molecule has 0 amide bonds. The van der Waals surface area contributed by atoms with Crippen LogP contribution in [0.15, 0.2) is 31.0 Å². The molecule has 2 aromatic rings. The molecule has 3 heterocycles. The van der Waals surface area contributed by atoms with Gasteiger partial charge >= 0.3 is 6.18 Å². The summed E-state index contributed by atoms with van der Waals surface area (Å²) in [7, 11) is 0. The summed E-state index contributed by atoms with van der Waals surface area (Å²) in [6, 6.07) is 3.17. The quantitative estimate of drug-likeness (QED) is 0.780. The topological polar surface area (TPSA) is 84.1 Å². The molecule has 3 rings (SSSR count). The molecule has 0 atom stereocenters. The molecule has 6 nitrogen and oxygen atoms in total. The number of aromatic nitrogens is 2. The summed E-state index contributed by atoms with van der Waals surface area (Å²) in [5.74, 6) is -0.669. The van der Waals surface area contributed by atoms with Crippen LogP contribution in [-0.4, -0.2) is 41.9 Å². The van der Waals surface area contributed by atoms with Gasteiger partial charge < -0.3 is 16.0 Å². The van der Waals surface area contributed by atoms with Crippen molar-refractivity contribution in [2.45, 2.75) is 12.6 Å². The lowest BCUT2D eigenvalue weighted by molar-refractivity contribution is -0.137. The van der Waals surface area contributed by atoms with Crippen LogP contribution in [-0.2, 0) is 6.18 Å². The Morgan fingerprint density at radius 3 is 2.75 bits per heavy atom. The number of hydrogen-bond donors (Lipinski definition) is 2. The molecule has 148 valence electrons. The first-order valence-electron chi connectivity index (χ1n) is 8.77. The standard InChI is InChI=1S/C19H20F3N5O/c1-2-12-8-14(18(23)25-11-12)17(28)15-9-13(19(20,21)22)10-16(26-15)27-6-3-4-24-5-7-27/h2,8-11,24H,1,3-7H2,(H2,23,25). The molecule has 0 bridgehead atoms. The van der Waals surface area contributed by atoms with E-state index in [1.54, 1.807) is 4.90 Å². The molecule has 9 heteroatoms. The molecule has 1 aliphatic heterocycles. The Kier molecular flexibility index (Phi) is 5.64. The van der Waals surface area contributed by atoms with Crippen molar-refractivity contribution >= 4 is 23.5 Å². The molecule has 0 saturated carbocycles. The zero-order valence-electron chi connectivity index (χ0n) is 15.1. The number of rotatable bonds is 4. The Labute approximate surface area is 160 Å². The largest absolute Gasteiger partial charge is 0.416 e. The number of nitrogen functional groups attached to an aromatic ring is 1. The van der Waals surface area contributed by atoms with Crippen LogP contribution >= 0.6 is 0 Å². The van der Waals surface area contributed by atoms with Crippen molar-refractivity contribution in [2.24, 2.45) is 0 Å². The van der Waals surface area contributed by atoms with Crippen molar-refractivity contribution in [1.82, 2.24) is 15.3 Å². The normalized spacial score (nSPS) is 15.2. The van der Waals surface area contributed by atoms with Gasteiger partial charge in [0.15, 0.2) is 0 Å². The third-order valence-electron chi connectivity index (χ3n) is 4.46. The van der Waals surface area contributed by atoms with Crippen LogP contribution in [0.3, 0.4) is 0 Å². The average Bonchev–Trinajstić information content (AvgIpc) is 2.96. The summed E-state index contributed by atoms with van der Waals surface area (Å²) < 4.78 is 40.3. The molecule has 0 aromatic carbocycles. The van der Waals surface area contributed by atoms with E-state index >= 15 is 0 Å². The van der Waals surface area contributed by atoms with Crippen LogP contribution in [0.1, 0.15) is 33.6 Å². The van der Waals surface area contributed by atoms with Crippen LogP contribution in [0.4, 0.5) is 24.8 Å². The minimum atomic E-state index is -4.61. The monoisotopic (exact) mass is 391 g/mol. The first-order valence-corrected chi connectivity index (χ1v) is 8.77. The van der Waals surface area contributed by atoms with Crippen molar-refractivity contribution in [3.63, 3.8) is 0 Å². The van der Waals surface area contributed by atoms with Gasteiger partial charge in [-0.2, -0.15) is 13.2 Å². The maximum absolute atomic E-state index is 13.4. The van der Waals surface area contributed by atoms with E-state index in [4.69, 9.17) is 5.73 Å². The fourth-order valence-electron chi connectivity index (χ4n) is 2.96. The number of halogens is 3. The van der Waals surface area contributed by atoms with Crippen LogP contribution in [0, 0.1) is 0 Å². The van der Waals surface area contributed by atoms with E-state index in [1.165, 1.54) is 18.3 Å². The third kappa shape index (κ3) is 4.30. The summed E-state index contributed by atoms with van der Waals surface area (Å²) in [4.78, 5) is 22.8. The zero-order valence-corrected chi connectivity index (χ0v) is 15.1. The number of hydrogen-bond acceptors (Lipinski definition) is 6.